The number of hydrogen-bond donors (Lipinski definition) is 1. The van der Waals surface area contributed by atoms with E-state index in [1.54, 1.807) is 11.3 Å². The highest BCUT2D eigenvalue weighted by atomic mass is 32.1. The van der Waals surface area contributed by atoms with E-state index in [1.807, 2.05) is 23.1 Å². The normalized spacial score (nSPS) is 24.9. The molecule has 1 unspecified atom stereocenters. The molecule has 1 N–H and O–H groups in total. The molecule has 4 aliphatic heterocycles. The lowest BCUT2D eigenvalue weighted by atomic mass is 9.84. The Balaban J connectivity index is 1.25. The molecule has 164 valence electrons. The first-order valence-corrected chi connectivity index (χ1v) is 12.4. The third-order valence-corrected chi connectivity index (χ3v) is 8.49. The number of amides is 2. The molecule has 6 heteroatoms. The number of benzene rings is 2. The van der Waals surface area contributed by atoms with E-state index in [0.29, 0.717) is 12.3 Å². The van der Waals surface area contributed by atoms with Crippen LogP contribution in [0.15, 0.2) is 48.5 Å². The van der Waals surface area contributed by atoms with Crippen molar-refractivity contribution in [3.8, 4) is 11.1 Å². The van der Waals surface area contributed by atoms with Crippen LogP contribution in [0.3, 0.4) is 0 Å². The molecule has 2 aromatic carbocycles. The fourth-order valence-electron chi connectivity index (χ4n) is 5.51. The molecule has 0 saturated carbocycles. The van der Waals surface area contributed by atoms with Crippen LogP contribution in [0.4, 0.5) is 5.69 Å². The summed E-state index contributed by atoms with van der Waals surface area (Å²) in [5.74, 6) is 0.880. The second-order valence-corrected chi connectivity index (χ2v) is 10.3. The van der Waals surface area contributed by atoms with Crippen molar-refractivity contribution >= 4 is 38.9 Å². The summed E-state index contributed by atoms with van der Waals surface area (Å²) in [4.78, 5) is 30.2. The van der Waals surface area contributed by atoms with Gasteiger partial charge >= 0.3 is 0 Å². The third kappa shape index (κ3) is 3.51. The molecule has 2 amide bonds. The molecule has 5 nitrogen and oxygen atoms in total. The van der Waals surface area contributed by atoms with Gasteiger partial charge in [0.15, 0.2) is 0 Å². The number of rotatable bonds is 4. The van der Waals surface area contributed by atoms with E-state index in [4.69, 9.17) is 0 Å². The van der Waals surface area contributed by atoms with Gasteiger partial charge in [-0.3, -0.25) is 9.59 Å². The highest BCUT2D eigenvalue weighted by molar-refractivity contribution is 7.21. The van der Waals surface area contributed by atoms with E-state index in [2.05, 4.69) is 40.5 Å². The fourth-order valence-corrected chi connectivity index (χ4v) is 6.61. The van der Waals surface area contributed by atoms with Gasteiger partial charge in [-0.1, -0.05) is 30.3 Å². The van der Waals surface area contributed by atoms with Gasteiger partial charge in [-0.15, -0.1) is 11.3 Å². The zero-order valence-corrected chi connectivity index (χ0v) is 18.9. The minimum atomic E-state index is 0.0544. The van der Waals surface area contributed by atoms with Crippen molar-refractivity contribution in [1.29, 1.82) is 0 Å². The molecule has 3 aromatic rings. The van der Waals surface area contributed by atoms with Crippen LogP contribution < -0.4 is 10.2 Å². The van der Waals surface area contributed by atoms with Gasteiger partial charge in [-0.25, -0.2) is 0 Å². The molecule has 0 aliphatic carbocycles. The summed E-state index contributed by atoms with van der Waals surface area (Å²) in [6.07, 6.45) is 3.96. The van der Waals surface area contributed by atoms with Crippen molar-refractivity contribution in [2.75, 3.05) is 31.1 Å². The molecule has 4 fully saturated rings. The van der Waals surface area contributed by atoms with Crippen LogP contribution in [0, 0.1) is 5.92 Å². The highest BCUT2D eigenvalue weighted by Crippen LogP contribution is 2.36. The van der Waals surface area contributed by atoms with E-state index in [0.717, 1.165) is 51.3 Å². The summed E-state index contributed by atoms with van der Waals surface area (Å²) in [6.45, 7) is 4.14. The van der Waals surface area contributed by atoms with Gasteiger partial charge < -0.3 is 15.1 Å². The average molecular weight is 446 g/mol. The smallest absolute Gasteiger partial charge is 0.261 e. The Morgan fingerprint density at radius 3 is 2.53 bits per heavy atom. The number of nitrogens with zero attached hydrogens (tertiary/aromatic N) is 2. The van der Waals surface area contributed by atoms with Crippen molar-refractivity contribution in [1.82, 2.24) is 10.2 Å². The fraction of sp³-hybridized carbons (Fsp3) is 0.385. The molecule has 32 heavy (non-hydrogen) atoms. The lowest BCUT2D eigenvalue weighted by Crippen LogP contribution is -2.57. The minimum absolute atomic E-state index is 0.0544. The molecule has 4 saturated heterocycles. The molecule has 5 heterocycles. The summed E-state index contributed by atoms with van der Waals surface area (Å²) < 4.78 is 1.14. The second kappa shape index (κ2) is 8.01. The molecule has 2 bridgehead atoms. The highest BCUT2D eigenvalue weighted by Gasteiger charge is 2.35. The van der Waals surface area contributed by atoms with Gasteiger partial charge in [0.1, 0.15) is 0 Å². The van der Waals surface area contributed by atoms with Crippen LogP contribution in [-0.4, -0.2) is 48.9 Å². The standard InChI is InChI=1S/C26H27N3O2S/c30-24-5-2-12-29(24)20-8-6-17(7-9-20)21-4-1-3-19-15-23(32-25(19)21)26(31)27-22-16-28-13-10-18(22)11-14-28/h1,3-4,6-9,15,18,22H,2,5,10-14,16H2,(H,27,31). The van der Waals surface area contributed by atoms with Gasteiger partial charge in [0.25, 0.3) is 5.91 Å². The Labute approximate surface area is 192 Å². The monoisotopic (exact) mass is 445 g/mol. The molecule has 7 rings (SSSR count). The molecular formula is C26H27N3O2S. The van der Waals surface area contributed by atoms with Crippen molar-refractivity contribution in [3.63, 3.8) is 0 Å². The van der Waals surface area contributed by atoms with Crippen molar-refractivity contribution in [2.45, 2.75) is 31.7 Å². The number of anilines is 1. The van der Waals surface area contributed by atoms with E-state index in [-0.39, 0.29) is 17.9 Å². The van der Waals surface area contributed by atoms with Crippen LogP contribution in [0.2, 0.25) is 0 Å². The SMILES string of the molecule is O=C(NC1CN2CCC1CC2)c1cc2cccc(-c3ccc(N4CCCC4=O)cc3)c2s1. The maximum Gasteiger partial charge on any atom is 0.261 e. The van der Waals surface area contributed by atoms with Gasteiger partial charge in [-0.2, -0.15) is 0 Å². The zero-order chi connectivity index (χ0) is 21.7. The second-order valence-electron chi connectivity index (χ2n) is 9.25. The number of carbonyl (C=O) groups excluding carboxylic acids is 2. The lowest BCUT2D eigenvalue weighted by molar-refractivity contribution is -0.117. The summed E-state index contributed by atoms with van der Waals surface area (Å²) in [6, 6.07) is 16.8. The maximum absolute atomic E-state index is 13.1. The Morgan fingerprint density at radius 2 is 1.84 bits per heavy atom. The van der Waals surface area contributed by atoms with Gasteiger partial charge in [-0.05, 0) is 73.0 Å². The molecule has 1 atom stereocenters. The zero-order valence-electron chi connectivity index (χ0n) is 18.0. The first kappa shape index (κ1) is 19.9. The van der Waals surface area contributed by atoms with Crippen molar-refractivity contribution < 1.29 is 9.59 Å². The topological polar surface area (TPSA) is 52.7 Å². The van der Waals surface area contributed by atoms with Crippen LogP contribution >= 0.6 is 11.3 Å². The Kier molecular flexibility index (Phi) is 5.00. The summed E-state index contributed by atoms with van der Waals surface area (Å²) in [7, 11) is 0. The number of thiophene rings is 1. The first-order chi connectivity index (χ1) is 15.7. The van der Waals surface area contributed by atoms with E-state index in [9.17, 15) is 9.59 Å². The van der Waals surface area contributed by atoms with E-state index in [1.165, 1.54) is 25.9 Å². The number of fused-ring (bicyclic) bond motifs is 4. The first-order valence-electron chi connectivity index (χ1n) is 11.6. The number of carbonyl (C=O) groups is 2. The Hall–Kier alpha value is -2.70. The average Bonchev–Trinajstić information content (AvgIpc) is 3.46. The Bertz CT molecular complexity index is 1180. The van der Waals surface area contributed by atoms with E-state index < -0.39 is 0 Å². The van der Waals surface area contributed by atoms with Crippen LogP contribution in [-0.2, 0) is 4.79 Å². The predicted octanol–water partition coefficient (Wildman–Crippen LogP) is 4.52. The summed E-state index contributed by atoms with van der Waals surface area (Å²) in [5, 5.41) is 4.42. The van der Waals surface area contributed by atoms with Gasteiger partial charge in [0.2, 0.25) is 5.91 Å². The van der Waals surface area contributed by atoms with Crippen LogP contribution in [0.1, 0.15) is 35.4 Å². The van der Waals surface area contributed by atoms with E-state index >= 15 is 0 Å². The lowest BCUT2D eigenvalue weighted by Gasteiger charge is -2.44. The number of piperidine rings is 3. The van der Waals surface area contributed by atoms with Crippen molar-refractivity contribution in [2.24, 2.45) is 5.92 Å². The molecule has 0 spiro atoms. The molecule has 1 aromatic heterocycles. The molecule has 0 radical (unpaired) electrons. The maximum atomic E-state index is 13.1. The van der Waals surface area contributed by atoms with Gasteiger partial charge in [0, 0.05) is 35.9 Å². The number of nitrogens with one attached hydrogen (secondary N) is 1. The summed E-state index contributed by atoms with van der Waals surface area (Å²) >= 11 is 1.58. The third-order valence-electron chi connectivity index (χ3n) is 7.30. The largest absolute Gasteiger partial charge is 0.347 e. The quantitative estimate of drug-likeness (QED) is 0.643. The minimum Gasteiger partial charge on any atom is -0.347 e. The van der Waals surface area contributed by atoms with Crippen LogP contribution in [0.25, 0.3) is 21.2 Å². The predicted molar refractivity (Wildman–Crippen MR) is 129 cm³/mol. The summed E-state index contributed by atoms with van der Waals surface area (Å²) in [5.41, 5.74) is 3.21. The molecular weight excluding hydrogens is 418 g/mol. The number of hydrogen-bond acceptors (Lipinski definition) is 4. The Morgan fingerprint density at radius 1 is 1.03 bits per heavy atom. The molecule has 4 aliphatic rings. The van der Waals surface area contributed by atoms with Crippen LogP contribution in [0.5, 0.6) is 0 Å². The van der Waals surface area contributed by atoms with Gasteiger partial charge in [0.05, 0.1) is 4.88 Å². The van der Waals surface area contributed by atoms with Crippen molar-refractivity contribution in [3.05, 3.63) is 53.4 Å².